The van der Waals surface area contributed by atoms with Gasteiger partial charge in [-0.2, -0.15) is 0 Å². The summed E-state index contributed by atoms with van der Waals surface area (Å²) < 4.78 is 20.0. The number of hydrogen-bond acceptors (Lipinski definition) is 4. The minimum atomic E-state index is -4.09. The Bertz CT molecular complexity index is 99.2. The second-order valence-electron chi connectivity index (χ2n) is 1.51. The molecule has 0 saturated carbocycles. The second-order valence-corrected chi connectivity index (χ2v) is 8.54. The van der Waals surface area contributed by atoms with E-state index in [1.165, 1.54) is 0 Å². The van der Waals surface area contributed by atoms with Crippen LogP contribution in [0, 0.1) is 0 Å². The molecule has 0 bridgehead atoms. The van der Waals surface area contributed by atoms with Crippen molar-refractivity contribution in [3.05, 3.63) is 0 Å². The van der Waals surface area contributed by atoms with Crippen LogP contribution in [0.5, 0.6) is 0 Å². The van der Waals surface area contributed by atoms with Gasteiger partial charge in [-0.25, -0.2) is 0 Å². The van der Waals surface area contributed by atoms with E-state index in [2.05, 4.69) is 0 Å². The van der Waals surface area contributed by atoms with E-state index >= 15 is 0 Å². The van der Waals surface area contributed by atoms with Crippen molar-refractivity contribution >= 4 is 66.4 Å². The molecule has 0 N–H and O–H groups in total. The number of hydrogen-bond donors (Lipinski definition) is 0. The van der Waals surface area contributed by atoms with Crippen molar-refractivity contribution in [3.63, 3.8) is 0 Å². The van der Waals surface area contributed by atoms with Crippen LogP contribution >= 0.6 is 46.4 Å². The van der Waals surface area contributed by atoms with Crippen molar-refractivity contribution in [1.29, 1.82) is 0 Å². The maximum atomic E-state index is 5.35. The molecule has 0 aliphatic rings. The first kappa shape index (κ1) is 14.8. The van der Waals surface area contributed by atoms with Gasteiger partial charge in [0.25, 0.3) is 0 Å². The zero-order valence-corrected chi connectivity index (χ0v) is 12.4. The van der Waals surface area contributed by atoms with E-state index < -0.39 is 20.0 Å². The summed E-state index contributed by atoms with van der Waals surface area (Å²) in [4.78, 5) is 0. The molecule has 0 aliphatic carbocycles. The molecule has 0 spiro atoms. The Morgan fingerprint density at radius 2 is 0.846 bits per heavy atom. The molecule has 0 aliphatic heterocycles. The van der Waals surface area contributed by atoms with Crippen LogP contribution in [-0.4, -0.2) is 44.3 Å². The van der Waals surface area contributed by atoms with Crippen LogP contribution in [0.25, 0.3) is 0 Å². The SMILES string of the molecule is ClC[O][Sn]([O]CCl)([O]CCl)[O]CCl. The summed E-state index contributed by atoms with van der Waals surface area (Å²) in [5.74, 6) is 0. The molecule has 0 fully saturated rings. The van der Waals surface area contributed by atoms with Crippen LogP contribution in [0.4, 0.5) is 0 Å². The molecule has 80 valence electrons. The van der Waals surface area contributed by atoms with Gasteiger partial charge in [0.1, 0.15) is 0 Å². The first-order valence-electron chi connectivity index (χ1n) is 3.04. The third-order valence-corrected chi connectivity index (χ3v) is 9.13. The summed E-state index contributed by atoms with van der Waals surface area (Å²) in [5.41, 5.74) is 0. The molecule has 0 atom stereocenters. The van der Waals surface area contributed by atoms with Gasteiger partial charge in [0.2, 0.25) is 0 Å². The molecule has 0 heterocycles. The van der Waals surface area contributed by atoms with E-state index in [1.54, 1.807) is 0 Å². The van der Waals surface area contributed by atoms with Gasteiger partial charge >= 0.3 is 103 Å². The van der Waals surface area contributed by atoms with Crippen molar-refractivity contribution in [2.75, 3.05) is 24.3 Å². The average Bonchev–Trinajstić information content (AvgIpc) is 2.06. The molecule has 0 radical (unpaired) electrons. The Kier molecular flexibility index (Phi) is 10.3. The van der Waals surface area contributed by atoms with Crippen molar-refractivity contribution in [2.24, 2.45) is 0 Å². The van der Waals surface area contributed by atoms with Gasteiger partial charge in [-0.3, -0.25) is 0 Å². The van der Waals surface area contributed by atoms with Gasteiger partial charge < -0.3 is 0 Å². The summed E-state index contributed by atoms with van der Waals surface area (Å²) in [6.45, 7) is 0. The van der Waals surface area contributed by atoms with E-state index in [-0.39, 0.29) is 24.3 Å². The first-order valence-corrected chi connectivity index (χ1v) is 9.84. The molecular weight excluding hydrogens is 373 g/mol. The zero-order chi connectivity index (χ0) is 10.2. The van der Waals surface area contributed by atoms with Crippen molar-refractivity contribution in [2.45, 2.75) is 0 Å². The number of alkyl halides is 4. The maximum absolute atomic E-state index is 5.35. The molecule has 0 aromatic carbocycles. The quantitative estimate of drug-likeness (QED) is 0.478. The summed E-state index contributed by atoms with van der Waals surface area (Å²) in [6, 6.07) is -0.497. The summed E-state index contributed by atoms with van der Waals surface area (Å²) in [5, 5.41) is 0. The third kappa shape index (κ3) is 6.06. The predicted molar refractivity (Wildman–Crippen MR) is 53.0 cm³/mol. The van der Waals surface area contributed by atoms with Crippen LogP contribution in [-0.2, 0) is 12.3 Å². The first-order chi connectivity index (χ1) is 6.24. The monoisotopic (exact) mass is 380 g/mol. The summed E-state index contributed by atoms with van der Waals surface area (Å²) in [7, 11) is 0. The van der Waals surface area contributed by atoms with E-state index in [1.807, 2.05) is 0 Å². The van der Waals surface area contributed by atoms with Crippen LogP contribution in [0.1, 0.15) is 0 Å². The fraction of sp³-hybridized carbons (Fsp3) is 1.00. The fourth-order valence-electron chi connectivity index (χ4n) is 0.517. The van der Waals surface area contributed by atoms with Gasteiger partial charge in [-0.05, 0) is 0 Å². The topological polar surface area (TPSA) is 36.9 Å². The Balaban J connectivity index is 4.19. The Morgan fingerprint density at radius 3 is 1.00 bits per heavy atom. The predicted octanol–water partition coefficient (Wildman–Crippen LogP) is 2.27. The molecule has 4 nitrogen and oxygen atoms in total. The third-order valence-electron chi connectivity index (χ3n) is 0.925. The van der Waals surface area contributed by atoms with E-state index in [9.17, 15) is 0 Å². The molecular formula is C4H8Cl4O4Sn. The molecule has 0 aromatic rings. The minimum absolute atomic E-state index is 0.124. The Hall–Kier alpha value is 1.80. The number of halogens is 4. The van der Waals surface area contributed by atoms with Crippen LogP contribution in [0.2, 0.25) is 0 Å². The van der Waals surface area contributed by atoms with Crippen LogP contribution < -0.4 is 0 Å². The molecule has 0 saturated heterocycles. The van der Waals surface area contributed by atoms with Gasteiger partial charge in [0, 0.05) is 0 Å². The molecule has 9 heteroatoms. The van der Waals surface area contributed by atoms with Crippen LogP contribution in [0.15, 0.2) is 0 Å². The Morgan fingerprint density at radius 1 is 0.615 bits per heavy atom. The normalized spacial score (nSPS) is 12.0. The van der Waals surface area contributed by atoms with Gasteiger partial charge in [0.05, 0.1) is 0 Å². The zero-order valence-electron chi connectivity index (χ0n) is 6.47. The molecule has 13 heavy (non-hydrogen) atoms. The molecule has 0 unspecified atom stereocenters. The molecule has 0 rings (SSSR count). The van der Waals surface area contributed by atoms with Crippen molar-refractivity contribution in [1.82, 2.24) is 0 Å². The van der Waals surface area contributed by atoms with Gasteiger partial charge in [0.15, 0.2) is 0 Å². The Labute approximate surface area is 102 Å². The summed E-state index contributed by atoms with van der Waals surface area (Å²) >= 11 is 17.3. The van der Waals surface area contributed by atoms with Crippen LogP contribution in [0.3, 0.4) is 0 Å². The second kappa shape index (κ2) is 9.06. The molecule has 0 amide bonds. The van der Waals surface area contributed by atoms with E-state index in [0.717, 1.165) is 0 Å². The average molecular weight is 381 g/mol. The van der Waals surface area contributed by atoms with Gasteiger partial charge in [-0.1, -0.05) is 0 Å². The fourth-order valence-corrected chi connectivity index (χ4v) is 7.06. The molecule has 0 aromatic heterocycles. The van der Waals surface area contributed by atoms with E-state index in [4.69, 9.17) is 58.7 Å². The van der Waals surface area contributed by atoms with Gasteiger partial charge in [-0.15, -0.1) is 0 Å². The van der Waals surface area contributed by atoms with Crippen molar-refractivity contribution in [3.8, 4) is 0 Å². The summed E-state index contributed by atoms with van der Waals surface area (Å²) in [6.07, 6.45) is 0. The van der Waals surface area contributed by atoms with E-state index in [0.29, 0.717) is 0 Å². The standard InChI is InChI=1S/4CH2ClO.Sn/c4*2-1-3;/h4*1H2;/q4*-1;+4. The number of rotatable bonds is 8. The van der Waals surface area contributed by atoms with Crippen molar-refractivity contribution < 1.29 is 12.3 Å².